The quantitative estimate of drug-likeness (QED) is 0.553. The largest absolute Gasteiger partial charge is 0.507 e. The number of hydrogen-bond donors (Lipinski definition) is 2. The number of benzene rings is 1. The first kappa shape index (κ1) is 13.5. The van der Waals surface area contributed by atoms with E-state index in [1.54, 1.807) is 24.3 Å². The van der Waals surface area contributed by atoms with E-state index in [0.29, 0.717) is 5.56 Å². The molecule has 0 aliphatic carbocycles. The standard InChI is InChI=1S/C7H7NO.Ni.Ti/c8-5-6-3-1-2-4-7(6)9;;/h1-5,8-9H;;. The maximum Gasteiger partial charge on any atom is 0.124 e. The maximum atomic E-state index is 8.96. The number of aromatic hydroxyl groups is 1. The summed E-state index contributed by atoms with van der Waals surface area (Å²) in [6.45, 7) is 0. The molecule has 0 fully saturated rings. The summed E-state index contributed by atoms with van der Waals surface area (Å²) in [5.74, 6) is 0.160. The molecule has 2 nitrogen and oxygen atoms in total. The minimum atomic E-state index is 0. The zero-order chi connectivity index (χ0) is 6.69. The van der Waals surface area contributed by atoms with Gasteiger partial charge in [-0.1, -0.05) is 12.1 Å². The van der Waals surface area contributed by atoms with Crippen molar-refractivity contribution in [1.29, 1.82) is 5.41 Å². The van der Waals surface area contributed by atoms with E-state index in [1.807, 2.05) is 0 Å². The van der Waals surface area contributed by atoms with Crippen molar-refractivity contribution in [3.8, 4) is 5.75 Å². The first-order valence-electron chi connectivity index (χ1n) is 2.63. The van der Waals surface area contributed by atoms with E-state index in [0.717, 1.165) is 6.21 Å². The van der Waals surface area contributed by atoms with E-state index >= 15 is 0 Å². The number of rotatable bonds is 1. The van der Waals surface area contributed by atoms with Crippen LogP contribution in [0.15, 0.2) is 24.3 Å². The number of nitrogens with one attached hydrogen (secondary N) is 1. The summed E-state index contributed by atoms with van der Waals surface area (Å²) in [5.41, 5.74) is 0.553. The van der Waals surface area contributed by atoms with Crippen LogP contribution in [0.25, 0.3) is 0 Å². The zero-order valence-electron chi connectivity index (χ0n) is 5.65. The van der Waals surface area contributed by atoms with Crippen molar-refractivity contribution in [2.24, 2.45) is 0 Å². The smallest absolute Gasteiger partial charge is 0.124 e. The van der Waals surface area contributed by atoms with Crippen molar-refractivity contribution in [1.82, 2.24) is 0 Å². The molecule has 0 aliphatic heterocycles. The molecule has 1 aromatic carbocycles. The molecule has 0 bridgehead atoms. The van der Waals surface area contributed by atoms with Gasteiger partial charge in [0.15, 0.2) is 0 Å². The van der Waals surface area contributed by atoms with E-state index in [1.165, 1.54) is 0 Å². The predicted molar refractivity (Wildman–Crippen MR) is 36.0 cm³/mol. The first-order chi connectivity index (χ1) is 4.34. The third-order valence-electron chi connectivity index (χ3n) is 1.09. The molecule has 0 aliphatic rings. The van der Waals surface area contributed by atoms with Crippen molar-refractivity contribution in [3.63, 3.8) is 0 Å². The SMILES string of the molecule is N=Cc1ccccc1O.[Ni].[Ti]. The summed E-state index contributed by atoms with van der Waals surface area (Å²) in [6.07, 6.45) is 1.12. The third-order valence-corrected chi connectivity index (χ3v) is 1.09. The van der Waals surface area contributed by atoms with E-state index in [9.17, 15) is 0 Å². The molecule has 1 rings (SSSR count). The average Bonchev–Trinajstić information content (AvgIpc) is 1.89. The summed E-state index contributed by atoms with van der Waals surface area (Å²) in [4.78, 5) is 0. The predicted octanol–water partition coefficient (Wildman–Crippen LogP) is 1.38. The van der Waals surface area contributed by atoms with Crippen molar-refractivity contribution >= 4 is 6.21 Å². The summed E-state index contributed by atoms with van der Waals surface area (Å²) in [5, 5.41) is 15.8. The topological polar surface area (TPSA) is 44.1 Å². The van der Waals surface area contributed by atoms with Crippen LogP contribution in [0.2, 0.25) is 0 Å². The normalized spacial score (nSPS) is 7.27. The van der Waals surface area contributed by atoms with Crippen molar-refractivity contribution in [2.75, 3.05) is 0 Å². The first-order valence-corrected chi connectivity index (χ1v) is 2.63. The Bertz CT molecular complexity index is 229. The van der Waals surface area contributed by atoms with Gasteiger partial charge in [0.2, 0.25) is 0 Å². The number of phenolic OH excluding ortho intramolecular Hbond substituents is 1. The maximum absolute atomic E-state index is 8.96. The summed E-state index contributed by atoms with van der Waals surface area (Å²) in [6, 6.07) is 6.74. The van der Waals surface area contributed by atoms with Crippen LogP contribution in [0, 0.1) is 5.41 Å². The minimum absolute atomic E-state index is 0. The van der Waals surface area contributed by atoms with Gasteiger partial charge in [-0.2, -0.15) is 0 Å². The Morgan fingerprint density at radius 2 is 1.82 bits per heavy atom. The molecule has 0 spiro atoms. The van der Waals surface area contributed by atoms with Crippen molar-refractivity contribution in [2.45, 2.75) is 0 Å². The van der Waals surface area contributed by atoms with E-state index < -0.39 is 0 Å². The van der Waals surface area contributed by atoms with Gasteiger partial charge in [0.05, 0.1) is 0 Å². The summed E-state index contributed by atoms with van der Waals surface area (Å²) in [7, 11) is 0. The van der Waals surface area contributed by atoms with Gasteiger partial charge in [-0.3, -0.25) is 0 Å². The molecule has 0 radical (unpaired) electrons. The van der Waals surface area contributed by atoms with Gasteiger partial charge in [-0.15, -0.1) is 0 Å². The van der Waals surface area contributed by atoms with Gasteiger partial charge in [0.1, 0.15) is 5.75 Å². The second-order valence-corrected chi connectivity index (χ2v) is 1.70. The van der Waals surface area contributed by atoms with Gasteiger partial charge >= 0.3 is 0 Å². The second kappa shape index (κ2) is 6.60. The van der Waals surface area contributed by atoms with Crippen LogP contribution in [0.3, 0.4) is 0 Å². The van der Waals surface area contributed by atoms with Gasteiger partial charge < -0.3 is 10.5 Å². The average molecular weight is 228 g/mol. The molecule has 1 aromatic rings. The molecule has 0 amide bonds. The molecule has 0 atom stereocenters. The number of para-hydroxylation sites is 1. The molecule has 2 N–H and O–H groups in total. The molecular weight excluding hydrogens is 221 g/mol. The number of hydrogen-bond acceptors (Lipinski definition) is 2. The van der Waals surface area contributed by atoms with Crippen LogP contribution in [0.1, 0.15) is 5.56 Å². The fourth-order valence-electron chi connectivity index (χ4n) is 0.610. The Morgan fingerprint density at radius 3 is 2.18 bits per heavy atom. The molecule has 60 valence electrons. The van der Waals surface area contributed by atoms with E-state index in [4.69, 9.17) is 10.5 Å². The monoisotopic (exact) mass is 227 g/mol. The summed E-state index contributed by atoms with van der Waals surface area (Å²) >= 11 is 0. The molecular formula is C7H7NNiOTi. The minimum Gasteiger partial charge on any atom is -0.507 e. The molecule has 4 heteroatoms. The third kappa shape index (κ3) is 3.71. The Kier molecular flexibility index (Phi) is 8.09. The molecule has 0 heterocycles. The van der Waals surface area contributed by atoms with Crippen LogP contribution in [0.4, 0.5) is 0 Å². The second-order valence-electron chi connectivity index (χ2n) is 1.70. The molecule has 11 heavy (non-hydrogen) atoms. The Balaban J connectivity index is 0. The fourth-order valence-corrected chi connectivity index (χ4v) is 0.610. The van der Waals surface area contributed by atoms with E-state index in [-0.39, 0.29) is 44.0 Å². The van der Waals surface area contributed by atoms with Gasteiger partial charge in [0.25, 0.3) is 0 Å². The Labute approximate surface area is 90.3 Å². The van der Waals surface area contributed by atoms with Crippen LogP contribution < -0.4 is 0 Å². The van der Waals surface area contributed by atoms with E-state index in [2.05, 4.69) is 0 Å². The van der Waals surface area contributed by atoms with Crippen LogP contribution in [-0.2, 0) is 38.2 Å². The van der Waals surface area contributed by atoms with Crippen molar-refractivity contribution < 1.29 is 43.3 Å². The van der Waals surface area contributed by atoms with Gasteiger partial charge in [0, 0.05) is 50.0 Å². The molecule has 0 saturated heterocycles. The van der Waals surface area contributed by atoms with Gasteiger partial charge in [-0.25, -0.2) is 0 Å². The van der Waals surface area contributed by atoms with Gasteiger partial charge in [-0.05, 0) is 12.1 Å². The molecule has 0 aromatic heterocycles. The molecule has 0 unspecified atom stereocenters. The number of phenols is 1. The van der Waals surface area contributed by atoms with Crippen LogP contribution in [0.5, 0.6) is 5.75 Å². The molecule has 0 saturated carbocycles. The van der Waals surface area contributed by atoms with Crippen LogP contribution >= 0.6 is 0 Å². The van der Waals surface area contributed by atoms with Crippen LogP contribution in [-0.4, -0.2) is 11.3 Å². The zero-order valence-corrected chi connectivity index (χ0v) is 8.20. The Hall–Kier alpha value is -0.102. The fraction of sp³-hybridized carbons (Fsp3) is 0. The Morgan fingerprint density at radius 1 is 1.27 bits per heavy atom. The van der Waals surface area contributed by atoms with Crippen molar-refractivity contribution in [3.05, 3.63) is 29.8 Å². The summed E-state index contributed by atoms with van der Waals surface area (Å²) < 4.78 is 0.